The van der Waals surface area contributed by atoms with Crippen LogP contribution in [0.15, 0.2) is 18.2 Å². The molecule has 0 aliphatic rings. The molecule has 0 radical (unpaired) electrons. The maximum atomic E-state index is 9.97. The number of aliphatic carboxylic acids is 2. The van der Waals surface area contributed by atoms with E-state index in [4.69, 9.17) is 25.5 Å². The maximum absolute atomic E-state index is 9.97. The van der Waals surface area contributed by atoms with Gasteiger partial charge < -0.3 is 41.1 Å². The number of aliphatic hydroxyl groups is 2. The van der Waals surface area contributed by atoms with Crippen LogP contribution in [0.3, 0.4) is 0 Å². The predicted octanol–water partition coefficient (Wildman–Crippen LogP) is 0.755. The summed E-state index contributed by atoms with van der Waals surface area (Å²) in [5.74, 6) is -1.69. The normalized spacial score (nSPS) is 10.9. The first-order valence-electron chi connectivity index (χ1n) is 10.7. The number of benzene rings is 1. The lowest BCUT2D eigenvalue weighted by Crippen LogP contribution is -2.38. The number of carboxylic acid groups (broad SMARTS) is 2. The number of carbonyl (C=O) groups is 2. The Labute approximate surface area is 196 Å². The van der Waals surface area contributed by atoms with Gasteiger partial charge in [-0.3, -0.25) is 9.59 Å². The zero-order valence-corrected chi connectivity index (χ0v) is 20.3. The Bertz CT molecular complexity index is 613. The van der Waals surface area contributed by atoms with Crippen molar-refractivity contribution in [2.45, 2.75) is 78.6 Å². The summed E-state index contributed by atoms with van der Waals surface area (Å²) >= 11 is 0. The van der Waals surface area contributed by atoms with Gasteiger partial charge in [0.1, 0.15) is 5.75 Å². The van der Waals surface area contributed by atoms with Crippen molar-refractivity contribution in [1.29, 1.82) is 0 Å². The number of unbranched alkanes of at least 4 members (excludes halogenated alkanes) is 1. The Kier molecular flexibility index (Phi) is 23.1. The van der Waals surface area contributed by atoms with Crippen molar-refractivity contribution in [3.8, 4) is 5.75 Å². The zero-order chi connectivity index (χ0) is 26.4. The third-order valence-corrected chi connectivity index (χ3v) is 3.52. The molecule has 33 heavy (non-hydrogen) atoms. The molecule has 1 atom stereocenters. The SMILES string of the molecule is CC(C)(C)NCC(O)c1ccc(O)c(CO)c1.CC[O-].CC[O-].O=C(O)CCCCC(=O)O. The van der Waals surface area contributed by atoms with Crippen LogP contribution in [-0.4, -0.2) is 62.8 Å². The molecule has 10 nitrogen and oxygen atoms in total. The van der Waals surface area contributed by atoms with E-state index < -0.39 is 18.0 Å². The molecule has 1 aromatic carbocycles. The zero-order valence-electron chi connectivity index (χ0n) is 20.3. The molecule has 0 saturated heterocycles. The van der Waals surface area contributed by atoms with Crippen LogP contribution in [-0.2, 0) is 16.2 Å². The summed E-state index contributed by atoms with van der Waals surface area (Å²) in [7, 11) is 0. The number of hydrogen-bond donors (Lipinski definition) is 6. The summed E-state index contributed by atoms with van der Waals surface area (Å²) < 4.78 is 0. The minimum atomic E-state index is -0.870. The van der Waals surface area contributed by atoms with Crippen molar-refractivity contribution < 1.29 is 45.3 Å². The molecule has 0 fully saturated rings. The molecule has 0 spiro atoms. The van der Waals surface area contributed by atoms with Crippen molar-refractivity contribution in [2.24, 2.45) is 0 Å². The Hall–Kier alpha value is -2.24. The smallest absolute Gasteiger partial charge is 0.303 e. The summed E-state index contributed by atoms with van der Waals surface area (Å²) in [6.45, 7) is 9.40. The van der Waals surface area contributed by atoms with Crippen LogP contribution in [0.2, 0.25) is 0 Å². The number of aromatic hydroxyl groups is 1. The molecule has 1 rings (SSSR count). The lowest BCUT2D eigenvalue weighted by molar-refractivity contribution is -0.362. The molecule has 0 aliphatic carbocycles. The fourth-order valence-corrected chi connectivity index (χ4v) is 2.01. The van der Waals surface area contributed by atoms with E-state index >= 15 is 0 Å². The van der Waals surface area contributed by atoms with Crippen molar-refractivity contribution >= 4 is 11.9 Å². The highest BCUT2D eigenvalue weighted by Crippen LogP contribution is 2.22. The number of aliphatic hydroxyl groups excluding tert-OH is 2. The molecule has 0 aliphatic heterocycles. The first-order chi connectivity index (χ1) is 15.3. The number of phenols is 1. The van der Waals surface area contributed by atoms with Crippen LogP contribution >= 0.6 is 0 Å². The molecule has 194 valence electrons. The van der Waals surface area contributed by atoms with Crippen molar-refractivity contribution in [3.63, 3.8) is 0 Å². The molecule has 6 N–H and O–H groups in total. The topological polar surface area (TPSA) is 193 Å². The first kappa shape index (κ1) is 35.4. The van der Waals surface area contributed by atoms with E-state index in [1.54, 1.807) is 26.0 Å². The third kappa shape index (κ3) is 25.9. The summed E-state index contributed by atoms with van der Waals surface area (Å²) in [6, 6.07) is 4.76. The average molecular weight is 476 g/mol. The molecule has 0 amide bonds. The lowest BCUT2D eigenvalue weighted by Gasteiger charge is -2.23. The highest BCUT2D eigenvalue weighted by molar-refractivity contribution is 5.67. The second-order valence-electron chi connectivity index (χ2n) is 7.76. The van der Waals surface area contributed by atoms with Crippen LogP contribution < -0.4 is 15.5 Å². The molecule has 10 heteroatoms. The summed E-state index contributed by atoms with van der Waals surface area (Å²) in [6.07, 6.45) is 0.365. The minimum absolute atomic E-state index is 0. The van der Waals surface area contributed by atoms with Gasteiger partial charge in [-0.15, -0.1) is 13.2 Å². The summed E-state index contributed by atoms with van der Waals surface area (Å²) in [5, 5.41) is 65.7. The van der Waals surface area contributed by atoms with Crippen LogP contribution in [0, 0.1) is 0 Å². The molecule has 0 aromatic heterocycles. The Morgan fingerprint density at radius 2 is 1.42 bits per heavy atom. The van der Waals surface area contributed by atoms with E-state index in [0.717, 1.165) is 0 Å². The largest absolute Gasteiger partial charge is 0.855 e. The monoisotopic (exact) mass is 475 g/mol. The fraction of sp³-hybridized carbons (Fsp3) is 0.652. The van der Waals surface area contributed by atoms with Gasteiger partial charge in [0.25, 0.3) is 0 Å². The number of rotatable bonds is 9. The number of hydrogen-bond acceptors (Lipinski definition) is 8. The number of β-amino-alcohol motifs (C(OH)–C–C–N with tert-alkyl or cyclic N) is 1. The molecule has 1 unspecified atom stereocenters. The van der Waals surface area contributed by atoms with E-state index in [1.165, 1.54) is 6.07 Å². The van der Waals surface area contributed by atoms with Gasteiger partial charge in [-0.05, 0) is 51.3 Å². The van der Waals surface area contributed by atoms with Gasteiger partial charge in [0.2, 0.25) is 0 Å². The van der Waals surface area contributed by atoms with Gasteiger partial charge in [-0.2, -0.15) is 0 Å². The summed E-state index contributed by atoms with van der Waals surface area (Å²) in [4.78, 5) is 19.8. The van der Waals surface area contributed by atoms with Crippen LogP contribution in [0.4, 0.5) is 0 Å². The highest BCUT2D eigenvalue weighted by atomic mass is 16.4. The third-order valence-electron chi connectivity index (χ3n) is 3.52. The van der Waals surface area contributed by atoms with E-state index in [9.17, 15) is 19.8 Å². The predicted molar refractivity (Wildman–Crippen MR) is 122 cm³/mol. The van der Waals surface area contributed by atoms with Gasteiger partial charge in [-0.1, -0.05) is 19.9 Å². The van der Waals surface area contributed by atoms with E-state index in [0.29, 0.717) is 30.5 Å². The van der Waals surface area contributed by atoms with E-state index in [1.807, 2.05) is 20.8 Å². The molecule has 1 aromatic rings. The quantitative estimate of drug-likeness (QED) is 0.278. The Balaban J connectivity index is -0.000000476. The van der Waals surface area contributed by atoms with Gasteiger partial charge in [-0.25, -0.2) is 0 Å². The van der Waals surface area contributed by atoms with Crippen LogP contribution in [0.5, 0.6) is 5.75 Å². The lowest BCUT2D eigenvalue weighted by atomic mass is 10.0. The van der Waals surface area contributed by atoms with Crippen molar-refractivity contribution in [2.75, 3.05) is 19.8 Å². The highest BCUT2D eigenvalue weighted by Gasteiger charge is 2.14. The van der Waals surface area contributed by atoms with Crippen LogP contribution in [0.25, 0.3) is 0 Å². The van der Waals surface area contributed by atoms with E-state index in [-0.39, 0.29) is 44.0 Å². The van der Waals surface area contributed by atoms with E-state index in [2.05, 4.69) is 5.32 Å². The Morgan fingerprint density at radius 3 is 1.76 bits per heavy atom. The summed E-state index contributed by atoms with van der Waals surface area (Å²) in [5.41, 5.74) is 1.05. The number of nitrogens with one attached hydrogen (secondary N) is 1. The van der Waals surface area contributed by atoms with Gasteiger partial charge in [0.15, 0.2) is 0 Å². The second kappa shape index (κ2) is 21.6. The average Bonchev–Trinajstić information content (AvgIpc) is 2.71. The Morgan fingerprint density at radius 1 is 1.00 bits per heavy atom. The minimum Gasteiger partial charge on any atom is -0.855 e. The second-order valence-corrected chi connectivity index (χ2v) is 7.76. The number of carboxylic acids is 2. The first-order valence-corrected chi connectivity index (χ1v) is 10.7. The molecule has 0 heterocycles. The van der Waals surface area contributed by atoms with Gasteiger partial charge in [0, 0.05) is 30.5 Å². The molecule has 0 saturated carbocycles. The standard InChI is InChI=1S/C13H21NO3.C6H10O4.2C2H5O/c1-13(2,3)14-7-12(17)9-4-5-11(16)10(6-9)8-15;7-5(8)3-1-2-4-6(9)10;2*1-2-3/h4-6,12,14-17H,7-8H2,1-3H3;1-4H2,(H,7,8)(H,9,10);2*2H2,1H3/q;;2*-1. The molecular formula is C23H41NO9-2. The van der Waals surface area contributed by atoms with Crippen molar-refractivity contribution in [3.05, 3.63) is 29.3 Å². The molecular weight excluding hydrogens is 434 g/mol. The molecule has 0 bridgehead atoms. The maximum Gasteiger partial charge on any atom is 0.303 e. The van der Waals surface area contributed by atoms with Crippen LogP contribution in [0.1, 0.15) is 77.5 Å². The van der Waals surface area contributed by atoms with Gasteiger partial charge in [0.05, 0.1) is 12.7 Å². The van der Waals surface area contributed by atoms with Crippen molar-refractivity contribution in [1.82, 2.24) is 5.32 Å². The van der Waals surface area contributed by atoms with Gasteiger partial charge >= 0.3 is 11.9 Å². The fourth-order valence-electron chi connectivity index (χ4n) is 2.01.